The van der Waals surface area contributed by atoms with Crippen LogP contribution in [0.4, 0.5) is 5.69 Å². The Kier molecular flexibility index (Phi) is 9.13. The van der Waals surface area contributed by atoms with Crippen LogP contribution in [0.15, 0.2) is 82.6 Å². The van der Waals surface area contributed by atoms with Gasteiger partial charge in [-0.3, -0.25) is 9.59 Å². The number of anilines is 1. The van der Waals surface area contributed by atoms with E-state index in [0.717, 1.165) is 25.2 Å². The Bertz CT molecular complexity index is 1300. The zero-order valence-electron chi connectivity index (χ0n) is 22.6. The van der Waals surface area contributed by atoms with Crippen LogP contribution in [0.1, 0.15) is 54.0 Å². The van der Waals surface area contributed by atoms with Gasteiger partial charge >= 0.3 is 0 Å². The smallest absolute Gasteiger partial charge is 0.259 e. The highest BCUT2D eigenvalue weighted by atomic mass is 32.2. The average Bonchev–Trinajstić information content (AvgIpc) is 2.98. The van der Waals surface area contributed by atoms with Crippen LogP contribution in [-0.2, 0) is 17.3 Å². The molecule has 1 aliphatic rings. The number of carbonyl (C=O) groups excluding carboxylic acids is 2. The summed E-state index contributed by atoms with van der Waals surface area (Å²) in [6.07, 6.45) is 0. The van der Waals surface area contributed by atoms with Crippen molar-refractivity contribution in [3.8, 4) is 0 Å². The van der Waals surface area contributed by atoms with Crippen molar-refractivity contribution < 1.29 is 13.8 Å². The fourth-order valence-electron chi connectivity index (χ4n) is 4.85. The average molecular weight is 532 g/mol. The molecule has 0 unspecified atom stereocenters. The third-order valence-electron chi connectivity index (χ3n) is 6.42. The van der Waals surface area contributed by atoms with Gasteiger partial charge in [-0.05, 0) is 47.7 Å². The number of benzene rings is 3. The van der Waals surface area contributed by atoms with Crippen LogP contribution in [0.5, 0.6) is 0 Å². The van der Waals surface area contributed by atoms with Gasteiger partial charge in [0.15, 0.2) is 0 Å². The van der Waals surface area contributed by atoms with Crippen molar-refractivity contribution in [1.29, 1.82) is 0 Å². The van der Waals surface area contributed by atoms with Crippen LogP contribution in [0.2, 0.25) is 0 Å². The molecule has 4 rings (SSSR count). The third kappa shape index (κ3) is 6.58. The van der Waals surface area contributed by atoms with E-state index in [1.54, 1.807) is 47.4 Å². The lowest BCUT2D eigenvalue weighted by molar-refractivity contribution is 0.0943. The molecule has 6 nitrogen and oxygen atoms in total. The van der Waals surface area contributed by atoms with Crippen molar-refractivity contribution in [2.75, 3.05) is 31.1 Å². The molecule has 1 N–H and O–H groups in total. The van der Waals surface area contributed by atoms with Crippen molar-refractivity contribution >= 4 is 28.3 Å². The first-order valence-corrected chi connectivity index (χ1v) is 14.4. The van der Waals surface area contributed by atoms with E-state index in [4.69, 9.17) is 0 Å². The Labute approximate surface area is 228 Å². The summed E-state index contributed by atoms with van der Waals surface area (Å²) in [5, 5.41) is 3.04. The molecular weight excluding hydrogens is 494 g/mol. The van der Waals surface area contributed by atoms with Gasteiger partial charge in [0.2, 0.25) is 0 Å². The quantitative estimate of drug-likeness (QED) is 0.383. The normalized spacial score (nSPS) is 15.0. The standard InChI is InChI=1S/C31H37N3O3S/c1-22(2)19-33(20-23(3)4)17-16-32-30(35)25-14-15-29-27(18-25)34(21-24-10-6-5-7-11-24)31(36)26-12-8-9-13-28(26)38(29)37/h5-15,18,22-23H,16-17,19-21H2,1-4H3,(H,32,35)/t38-/m0/s1. The molecule has 3 aromatic carbocycles. The van der Waals surface area contributed by atoms with E-state index in [9.17, 15) is 13.8 Å². The first-order chi connectivity index (χ1) is 18.2. The summed E-state index contributed by atoms with van der Waals surface area (Å²) in [6, 6.07) is 21.8. The van der Waals surface area contributed by atoms with Gasteiger partial charge in [0.25, 0.3) is 11.8 Å². The fraction of sp³-hybridized carbons (Fsp3) is 0.355. The Morgan fingerprint density at radius 3 is 2.24 bits per heavy atom. The van der Waals surface area contributed by atoms with Crippen molar-refractivity contribution in [1.82, 2.24) is 10.2 Å². The van der Waals surface area contributed by atoms with E-state index in [2.05, 4.69) is 37.9 Å². The molecule has 1 aliphatic heterocycles. The molecule has 3 aromatic rings. The number of amides is 2. The van der Waals surface area contributed by atoms with Gasteiger partial charge in [0.05, 0.1) is 38.4 Å². The zero-order valence-corrected chi connectivity index (χ0v) is 23.5. The fourth-order valence-corrected chi connectivity index (χ4v) is 6.19. The van der Waals surface area contributed by atoms with Gasteiger partial charge in [-0.15, -0.1) is 0 Å². The maximum atomic E-state index is 13.7. The molecule has 1 atom stereocenters. The number of hydrogen-bond donors (Lipinski definition) is 1. The molecule has 38 heavy (non-hydrogen) atoms. The number of rotatable bonds is 10. The molecule has 0 saturated carbocycles. The zero-order chi connectivity index (χ0) is 27.2. The third-order valence-corrected chi connectivity index (χ3v) is 7.92. The van der Waals surface area contributed by atoms with Crippen LogP contribution in [-0.4, -0.2) is 47.1 Å². The lowest BCUT2D eigenvalue weighted by Gasteiger charge is -2.26. The van der Waals surface area contributed by atoms with E-state index >= 15 is 0 Å². The monoisotopic (exact) mass is 531 g/mol. The number of hydrogen-bond acceptors (Lipinski definition) is 4. The minimum Gasteiger partial charge on any atom is -0.351 e. The van der Waals surface area contributed by atoms with Crippen molar-refractivity contribution in [3.05, 3.63) is 89.5 Å². The largest absolute Gasteiger partial charge is 0.351 e. The van der Waals surface area contributed by atoms with Crippen LogP contribution in [0, 0.1) is 11.8 Å². The Balaban J connectivity index is 1.61. The minimum absolute atomic E-state index is 0.207. The van der Waals surface area contributed by atoms with Gasteiger partial charge in [0.1, 0.15) is 0 Å². The van der Waals surface area contributed by atoms with Gasteiger partial charge in [-0.2, -0.15) is 0 Å². The molecule has 7 heteroatoms. The predicted molar refractivity (Wildman–Crippen MR) is 153 cm³/mol. The number of carbonyl (C=O) groups is 2. The number of nitrogens with one attached hydrogen (secondary N) is 1. The van der Waals surface area contributed by atoms with Crippen LogP contribution < -0.4 is 10.2 Å². The summed E-state index contributed by atoms with van der Waals surface area (Å²) in [5.41, 5.74) is 2.31. The second-order valence-electron chi connectivity index (χ2n) is 10.6. The van der Waals surface area contributed by atoms with E-state index in [0.29, 0.717) is 51.5 Å². The van der Waals surface area contributed by atoms with Gasteiger partial charge < -0.3 is 15.1 Å². The maximum absolute atomic E-state index is 13.7. The highest BCUT2D eigenvalue weighted by molar-refractivity contribution is 7.85. The Morgan fingerprint density at radius 2 is 1.55 bits per heavy atom. The van der Waals surface area contributed by atoms with Gasteiger partial charge in [-0.25, -0.2) is 4.21 Å². The summed E-state index contributed by atoms with van der Waals surface area (Å²) >= 11 is 0. The number of fused-ring (bicyclic) bond motifs is 2. The first-order valence-electron chi connectivity index (χ1n) is 13.3. The van der Waals surface area contributed by atoms with Crippen LogP contribution in [0.25, 0.3) is 0 Å². The second-order valence-corrected chi connectivity index (χ2v) is 12.0. The molecule has 0 spiro atoms. The lowest BCUT2D eigenvalue weighted by Crippen LogP contribution is -2.38. The van der Waals surface area contributed by atoms with E-state index in [1.165, 1.54) is 0 Å². The second kappa shape index (κ2) is 12.5. The maximum Gasteiger partial charge on any atom is 0.259 e. The van der Waals surface area contributed by atoms with E-state index in [1.807, 2.05) is 30.3 Å². The van der Waals surface area contributed by atoms with Crippen LogP contribution >= 0.6 is 0 Å². The molecule has 0 radical (unpaired) electrons. The molecule has 200 valence electrons. The molecular formula is C31H37N3O3S. The topological polar surface area (TPSA) is 69.7 Å². The molecule has 1 heterocycles. The Hall–Kier alpha value is -3.29. The van der Waals surface area contributed by atoms with Crippen LogP contribution in [0.3, 0.4) is 0 Å². The molecule has 0 aliphatic carbocycles. The summed E-state index contributed by atoms with van der Waals surface area (Å²) < 4.78 is 13.6. The van der Waals surface area contributed by atoms with Crippen molar-refractivity contribution in [2.24, 2.45) is 11.8 Å². The highest BCUT2D eigenvalue weighted by Gasteiger charge is 2.31. The number of nitrogens with zero attached hydrogens (tertiary/aromatic N) is 2. The minimum atomic E-state index is -1.55. The SMILES string of the molecule is CC(C)CN(CCNC(=O)c1ccc2c(c1)N(Cc1ccccc1)C(=O)c1ccccc1[S@@]2=O)CC(C)C. The van der Waals surface area contributed by atoms with Gasteiger partial charge in [-0.1, -0.05) is 70.2 Å². The van der Waals surface area contributed by atoms with E-state index < -0.39 is 10.8 Å². The lowest BCUT2D eigenvalue weighted by atomic mass is 10.1. The summed E-state index contributed by atoms with van der Waals surface area (Å²) in [7, 11) is -1.55. The molecule has 0 aromatic heterocycles. The molecule has 0 fully saturated rings. The van der Waals surface area contributed by atoms with Gasteiger partial charge in [0, 0.05) is 31.7 Å². The summed E-state index contributed by atoms with van der Waals surface area (Å²) in [6.45, 7) is 12.4. The predicted octanol–water partition coefficient (Wildman–Crippen LogP) is 5.36. The molecule has 0 saturated heterocycles. The van der Waals surface area contributed by atoms with E-state index in [-0.39, 0.29) is 11.8 Å². The van der Waals surface area contributed by atoms with Crippen molar-refractivity contribution in [2.45, 2.75) is 44.0 Å². The molecule has 0 bridgehead atoms. The summed E-state index contributed by atoms with van der Waals surface area (Å²) in [5.74, 6) is 0.660. The first kappa shape index (κ1) is 27.7. The molecule has 2 amide bonds. The van der Waals surface area contributed by atoms with Crippen molar-refractivity contribution in [3.63, 3.8) is 0 Å². The Morgan fingerprint density at radius 1 is 0.895 bits per heavy atom. The summed E-state index contributed by atoms with van der Waals surface area (Å²) in [4.78, 5) is 31.9. The highest BCUT2D eigenvalue weighted by Crippen LogP contribution is 2.36.